The number of benzene rings is 1. The van der Waals surface area contributed by atoms with Gasteiger partial charge in [-0.2, -0.15) is 0 Å². The second-order valence-electron chi connectivity index (χ2n) is 3.07. The minimum atomic E-state index is -0.0824. The van der Waals surface area contributed by atoms with Crippen molar-refractivity contribution in [2.24, 2.45) is 0 Å². The Morgan fingerprint density at radius 2 is 2.20 bits per heavy atom. The van der Waals surface area contributed by atoms with E-state index in [0.29, 0.717) is 22.3 Å². The third kappa shape index (κ3) is 4.08. The van der Waals surface area contributed by atoms with Crippen molar-refractivity contribution in [1.82, 2.24) is 0 Å². The van der Waals surface area contributed by atoms with Gasteiger partial charge in [-0.15, -0.1) is 0 Å². The fourth-order valence-electron chi connectivity index (χ4n) is 1.07. The van der Waals surface area contributed by atoms with Crippen molar-refractivity contribution >= 4 is 34.8 Å². The van der Waals surface area contributed by atoms with Crippen molar-refractivity contribution in [3.63, 3.8) is 0 Å². The molecule has 1 aromatic carbocycles. The molecule has 0 atom stereocenters. The van der Waals surface area contributed by atoms with Crippen molar-refractivity contribution in [3.8, 4) is 0 Å². The van der Waals surface area contributed by atoms with E-state index in [0.717, 1.165) is 6.54 Å². The summed E-state index contributed by atoms with van der Waals surface area (Å²) in [5, 5.41) is 5.64. The lowest BCUT2D eigenvalue weighted by atomic mass is 10.3. The first-order chi connectivity index (χ1) is 7.13. The minimum absolute atomic E-state index is 0.0824. The second-order valence-corrected chi connectivity index (χ2v) is 3.92. The average molecular weight is 248 g/mol. The van der Waals surface area contributed by atoms with E-state index in [2.05, 4.69) is 5.32 Å². The maximum atomic E-state index is 11.4. The topological polar surface area (TPSA) is 45.7 Å². The molecule has 0 spiro atoms. The van der Waals surface area contributed by atoms with E-state index in [1.54, 1.807) is 18.2 Å². The first-order valence-corrected chi connectivity index (χ1v) is 5.45. The maximum absolute atomic E-state index is 11.4. The monoisotopic (exact) mass is 247 g/mol. The first-order valence-electron chi connectivity index (χ1n) is 4.70. The van der Waals surface area contributed by atoms with Gasteiger partial charge in [0.25, 0.3) is 5.91 Å². The Labute approximate surface area is 98.8 Å². The van der Waals surface area contributed by atoms with Crippen LogP contribution in [-0.4, -0.2) is 19.0 Å². The molecule has 0 fully saturated rings. The van der Waals surface area contributed by atoms with Crippen molar-refractivity contribution < 1.29 is 10.1 Å². The molecule has 0 saturated heterocycles. The van der Waals surface area contributed by atoms with Crippen LogP contribution in [0.5, 0.6) is 0 Å². The number of amides is 1. The number of carbonyl (C=O) groups is 1. The second kappa shape index (κ2) is 5.95. The molecule has 0 heterocycles. The lowest BCUT2D eigenvalue weighted by Crippen LogP contribution is -2.85. The molecule has 1 aromatic rings. The predicted octanol–water partition coefficient (Wildman–Crippen LogP) is 1.52. The Kier molecular flexibility index (Phi) is 4.88. The van der Waals surface area contributed by atoms with Crippen LogP contribution in [0.1, 0.15) is 6.92 Å². The molecule has 0 aliphatic rings. The van der Waals surface area contributed by atoms with Crippen LogP contribution in [-0.2, 0) is 4.79 Å². The highest BCUT2D eigenvalue weighted by atomic mass is 35.5. The zero-order valence-corrected chi connectivity index (χ0v) is 9.90. The number of hydrogen-bond acceptors (Lipinski definition) is 1. The number of carbonyl (C=O) groups excluding carboxylic acids is 1. The van der Waals surface area contributed by atoms with E-state index in [1.165, 1.54) is 0 Å². The summed E-state index contributed by atoms with van der Waals surface area (Å²) in [6.07, 6.45) is 0. The van der Waals surface area contributed by atoms with Crippen LogP contribution in [0.2, 0.25) is 10.0 Å². The molecule has 5 heteroatoms. The van der Waals surface area contributed by atoms with Crippen LogP contribution < -0.4 is 10.6 Å². The van der Waals surface area contributed by atoms with Gasteiger partial charge in [0.2, 0.25) is 0 Å². The summed E-state index contributed by atoms with van der Waals surface area (Å²) in [5.74, 6) is -0.0824. The average Bonchev–Trinajstić information content (AvgIpc) is 2.20. The highest BCUT2D eigenvalue weighted by molar-refractivity contribution is 6.35. The summed E-state index contributed by atoms with van der Waals surface area (Å²) in [7, 11) is 0. The summed E-state index contributed by atoms with van der Waals surface area (Å²) in [5.41, 5.74) is 0.554. The number of hydrogen-bond donors (Lipinski definition) is 2. The van der Waals surface area contributed by atoms with Gasteiger partial charge in [-0.05, 0) is 25.1 Å². The summed E-state index contributed by atoms with van der Waals surface area (Å²) in [4.78, 5) is 11.4. The molecule has 3 N–H and O–H groups in total. The summed E-state index contributed by atoms with van der Waals surface area (Å²) in [6.45, 7) is 3.25. The van der Waals surface area contributed by atoms with Crippen LogP contribution in [0, 0.1) is 0 Å². The Bertz CT molecular complexity index is 355. The van der Waals surface area contributed by atoms with Crippen molar-refractivity contribution in [2.45, 2.75) is 6.92 Å². The molecule has 0 unspecified atom stereocenters. The Morgan fingerprint density at radius 3 is 2.87 bits per heavy atom. The van der Waals surface area contributed by atoms with Gasteiger partial charge in [0.05, 0.1) is 17.3 Å². The third-order valence-electron chi connectivity index (χ3n) is 1.82. The Hall–Kier alpha value is -0.770. The quantitative estimate of drug-likeness (QED) is 0.833. The van der Waals surface area contributed by atoms with Gasteiger partial charge in [-0.25, -0.2) is 0 Å². The number of nitrogens with one attached hydrogen (secondary N) is 1. The molecule has 0 aliphatic carbocycles. The fraction of sp³-hybridized carbons (Fsp3) is 0.300. The first kappa shape index (κ1) is 12.3. The van der Waals surface area contributed by atoms with Crippen molar-refractivity contribution in [2.75, 3.05) is 18.4 Å². The molecule has 15 heavy (non-hydrogen) atoms. The van der Waals surface area contributed by atoms with Crippen LogP contribution in [0.15, 0.2) is 18.2 Å². The predicted molar refractivity (Wildman–Crippen MR) is 62.4 cm³/mol. The zero-order chi connectivity index (χ0) is 11.3. The van der Waals surface area contributed by atoms with Gasteiger partial charge >= 0.3 is 0 Å². The standard InChI is InChI=1S/C10H12Cl2N2O/c1-2-13-6-10(15)14-9-5-7(11)3-4-8(9)12/h3-5,13H,2,6H2,1H3,(H,14,15)/p+1. The van der Waals surface area contributed by atoms with E-state index in [-0.39, 0.29) is 5.91 Å². The molecule has 0 aliphatic heterocycles. The Balaban J connectivity index is 2.63. The van der Waals surface area contributed by atoms with Crippen LogP contribution >= 0.6 is 23.2 Å². The number of quaternary nitrogens is 1. The van der Waals surface area contributed by atoms with Gasteiger partial charge in [0.15, 0.2) is 6.54 Å². The molecule has 0 bridgehead atoms. The Morgan fingerprint density at radius 1 is 1.47 bits per heavy atom. The zero-order valence-electron chi connectivity index (χ0n) is 8.39. The number of rotatable bonds is 4. The van der Waals surface area contributed by atoms with Crippen molar-refractivity contribution in [3.05, 3.63) is 28.2 Å². The smallest absolute Gasteiger partial charge is 0.279 e. The molecule has 0 radical (unpaired) electrons. The summed E-state index contributed by atoms with van der Waals surface area (Å²) >= 11 is 11.7. The summed E-state index contributed by atoms with van der Waals surface area (Å²) in [6, 6.07) is 4.97. The largest absolute Gasteiger partial charge is 0.339 e. The SMILES string of the molecule is CC[NH2+]CC(=O)Nc1cc(Cl)ccc1Cl. The lowest BCUT2D eigenvalue weighted by molar-refractivity contribution is -0.640. The molecule has 1 rings (SSSR count). The van der Waals surface area contributed by atoms with Crippen molar-refractivity contribution in [1.29, 1.82) is 0 Å². The molecule has 82 valence electrons. The van der Waals surface area contributed by atoms with Gasteiger partial charge in [-0.3, -0.25) is 4.79 Å². The van der Waals surface area contributed by atoms with Gasteiger partial charge < -0.3 is 10.6 Å². The van der Waals surface area contributed by atoms with Crippen LogP contribution in [0.4, 0.5) is 5.69 Å². The minimum Gasteiger partial charge on any atom is -0.339 e. The maximum Gasteiger partial charge on any atom is 0.279 e. The molecule has 0 saturated carbocycles. The van der Waals surface area contributed by atoms with E-state index < -0.39 is 0 Å². The van der Waals surface area contributed by atoms with Gasteiger partial charge in [0, 0.05) is 5.02 Å². The lowest BCUT2D eigenvalue weighted by Gasteiger charge is -2.06. The highest BCUT2D eigenvalue weighted by Crippen LogP contribution is 2.24. The molecular formula is C10H13Cl2N2O+. The fourth-order valence-corrected chi connectivity index (χ4v) is 1.41. The van der Waals surface area contributed by atoms with Crippen LogP contribution in [0.25, 0.3) is 0 Å². The van der Waals surface area contributed by atoms with E-state index in [1.807, 2.05) is 12.2 Å². The number of anilines is 1. The van der Waals surface area contributed by atoms with E-state index in [4.69, 9.17) is 23.2 Å². The molecule has 1 amide bonds. The normalized spacial score (nSPS) is 10.1. The summed E-state index contributed by atoms with van der Waals surface area (Å²) < 4.78 is 0. The molecule has 3 nitrogen and oxygen atoms in total. The van der Waals surface area contributed by atoms with E-state index >= 15 is 0 Å². The van der Waals surface area contributed by atoms with Crippen LogP contribution in [0.3, 0.4) is 0 Å². The molecule has 0 aromatic heterocycles. The number of nitrogens with two attached hydrogens (primary N) is 1. The third-order valence-corrected chi connectivity index (χ3v) is 2.39. The number of likely N-dealkylation sites (N-methyl/N-ethyl adjacent to an activating group) is 1. The molecular weight excluding hydrogens is 235 g/mol. The highest BCUT2D eigenvalue weighted by Gasteiger charge is 2.07. The van der Waals surface area contributed by atoms with Gasteiger partial charge in [0.1, 0.15) is 0 Å². The van der Waals surface area contributed by atoms with Gasteiger partial charge in [-0.1, -0.05) is 23.2 Å². The van der Waals surface area contributed by atoms with E-state index in [9.17, 15) is 4.79 Å². The number of halogens is 2.